The van der Waals surface area contributed by atoms with Gasteiger partial charge in [0, 0.05) is 0 Å². The number of hydrogen-bond acceptors (Lipinski definition) is 3. The molecule has 2 aromatic carbocycles. The quantitative estimate of drug-likeness (QED) is 0.933. The Bertz CT molecular complexity index is 628. The molecule has 3 heteroatoms. The number of aliphatic hydroxyl groups is 1. The normalized spacial score (nSPS) is 13.6. The molecule has 2 rings (SSSR count). The number of rotatable bonds is 4. The molecule has 0 saturated heterocycles. The first-order valence-corrected chi connectivity index (χ1v) is 6.92. The molecule has 0 fully saturated rings. The molecular weight excluding hydrogens is 264 g/mol. The van der Waals surface area contributed by atoms with Crippen LogP contribution in [0.15, 0.2) is 36.4 Å². The van der Waals surface area contributed by atoms with Crippen molar-refractivity contribution in [3.63, 3.8) is 0 Å². The zero-order chi connectivity index (χ0) is 15.6. The molecule has 0 amide bonds. The first-order valence-electron chi connectivity index (χ1n) is 6.92. The Morgan fingerprint density at radius 3 is 2.05 bits per heavy atom. The van der Waals surface area contributed by atoms with Gasteiger partial charge in [0.15, 0.2) is 0 Å². The second kappa shape index (κ2) is 5.78. The highest BCUT2D eigenvalue weighted by molar-refractivity contribution is 5.48. The van der Waals surface area contributed by atoms with Crippen molar-refractivity contribution < 1.29 is 14.6 Å². The van der Waals surface area contributed by atoms with Gasteiger partial charge in [0.2, 0.25) is 0 Å². The van der Waals surface area contributed by atoms with E-state index in [0.717, 1.165) is 33.8 Å². The molecule has 112 valence electrons. The van der Waals surface area contributed by atoms with Crippen molar-refractivity contribution in [2.45, 2.75) is 26.4 Å². The molecule has 0 radical (unpaired) electrons. The monoisotopic (exact) mass is 286 g/mol. The molecule has 1 N–H and O–H groups in total. The van der Waals surface area contributed by atoms with E-state index in [1.807, 2.05) is 57.2 Å². The Hall–Kier alpha value is -2.00. The third-order valence-corrected chi connectivity index (χ3v) is 3.92. The fourth-order valence-electron chi connectivity index (χ4n) is 2.61. The van der Waals surface area contributed by atoms with Gasteiger partial charge in [-0.1, -0.05) is 12.1 Å². The van der Waals surface area contributed by atoms with E-state index in [0.29, 0.717) is 0 Å². The maximum Gasteiger partial charge on any atom is 0.122 e. The summed E-state index contributed by atoms with van der Waals surface area (Å²) >= 11 is 0. The SMILES string of the molecule is COc1ccc(C(C)(O)c2cc(C)c(OC)cc2C)cc1. The highest BCUT2D eigenvalue weighted by Crippen LogP contribution is 2.35. The van der Waals surface area contributed by atoms with E-state index in [4.69, 9.17) is 9.47 Å². The molecule has 0 aliphatic heterocycles. The van der Waals surface area contributed by atoms with Crippen LogP contribution in [0.2, 0.25) is 0 Å². The number of hydrogen-bond donors (Lipinski definition) is 1. The van der Waals surface area contributed by atoms with E-state index in [1.165, 1.54) is 0 Å². The van der Waals surface area contributed by atoms with Gasteiger partial charge in [-0.25, -0.2) is 0 Å². The topological polar surface area (TPSA) is 38.7 Å². The van der Waals surface area contributed by atoms with Crippen LogP contribution in [0.5, 0.6) is 11.5 Å². The Balaban J connectivity index is 2.49. The van der Waals surface area contributed by atoms with Crippen molar-refractivity contribution in [3.05, 3.63) is 58.7 Å². The minimum Gasteiger partial charge on any atom is -0.497 e. The van der Waals surface area contributed by atoms with Crippen LogP contribution in [0.1, 0.15) is 29.2 Å². The molecule has 0 aliphatic rings. The molecule has 0 aliphatic carbocycles. The van der Waals surface area contributed by atoms with Gasteiger partial charge in [0.1, 0.15) is 17.1 Å². The standard InChI is InChI=1S/C18H22O3/c1-12-11-17(21-5)13(2)10-16(12)18(3,19)14-6-8-15(20-4)9-7-14/h6-11,19H,1-5H3. The minimum absolute atomic E-state index is 0.775. The largest absolute Gasteiger partial charge is 0.497 e. The van der Waals surface area contributed by atoms with Crippen LogP contribution >= 0.6 is 0 Å². The van der Waals surface area contributed by atoms with Crippen molar-refractivity contribution >= 4 is 0 Å². The molecule has 2 aromatic rings. The Labute approximate surface area is 126 Å². The molecule has 0 heterocycles. The molecule has 0 aromatic heterocycles. The zero-order valence-electron chi connectivity index (χ0n) is 13.2. The van der Waals surface area contributed by atoms with Crippen LogP contribution in [-0.4, -0.2) is 19.3 Å². The van der Waals surface area contributed by atoms with Gasteiger partial charge in [-0.05, 0) is 67.3 Å². The van der Waals surface area contributed by atoms with Crippen LogP contribution < -0.4 is 9.47 Å². The van der Waals surface area contributed by atoms with E-state index in [1.54, 1.807) is 14.2 Å². The van der Waals surface area contributed by atoms with Crippen LogP contribution in [0.3, 0.4) is 0 Å². The molecule has 1 atom stereocenters. The van der Waals surface area contributed by atoms with E-state index < -0.39 is 5.60 Å². The highest BCUT2D eigenvalue weighted by atomic mass is 16.5. The van der Waals surface area contributed by atoms with E-state index >= 15 is 0 Å². The summed E-state index contributed by atoms with van der Waals surface area (Å²) in [4.78, 5) is 0. The number of benzene rings is 2. The van der Waals surface area contributed by atoms with Crippen LogP contribution in [0.4, 0.5) is 0 Å². The highest BCUT2D eigenvalue weighted by Gasteiger charge is 2.28. The van der Waals surface area contributed by atoms with Gasteiger partial charge in [0.25, 0.3) is 0 Å². The fourth-order valence-corrected chi connectivity index (χ4v) is 2.61. The molecule has 1 unspecified atom stereocenters. The summed E-state index contributed by atoms with van der Waals surface area (Å²) in [6.45, 7) is 5.77. The lowest BCUT2D eigenvalue weighted by Crippen LogP contribution is -2.24. The van der Waals surface area contributed by atoms with E-state index in [9.17, 15) is 5.11 Å². The summed E-state index contributed by atoms with van der Waals surface area (Å²) < 4.78 is 10.5. The fraction of sp³-hybridized carbons (Fsp3) is 0.333. The van der Waals surface area contributed by atoms with Crippen LogP contribution in [0, 0.1) is 13.8 Å². The maximum atomic E-state index is 11.0. The molecular formula is C18H22O3. The number of methoxy groups -OCH3 is 2. The van der Waals surface area contributed by atoms with Crippen molar-refractivity contribution in [3.8, 4) is 11.5 Å². The molecule has 0 spiro atoms. The van der Waals surface area contributed by atoms with Gasteiger partial charge in [-0.3, -0.25) is 0 Å². The lowest BCUT2D eigenvalue weighted by molar-refractivity contribution is 0.101. The molecule has 0 saturated carbocycles. The summed E-state index contributed by atoms with van der Waals surface area (Å²) in [6, 6.07) is 11.4. The third-order valence-electron chi connectivity index (χ3n) is 3.92. The first-order chi connectivity index (χ1) is 9.90. The zero-order valence-corrected chi connectivity index (χ0v) is 13.2. The van der Waals surface area contributed by atoms with Crippen LogP contribution in [0.25, 0.3) is 0 Å². The van der Waals surface area contributed by atoms with Crippen molar-refractivity contribution in [2.75, 3.05) is 14.2 Å². The van der Waals surface area contributed by atoms with Crippen molar-refractivity contribution in [1.82, 2.24) is 0 Å². The summed E-state index contributed by atoms with van der Waals surface area (Å²) in [5.41, 5.74) is 2.65. The first kappa shape index (κ1) is 15.4. The van der Waals surface area contributed by atoms with Gasteiger partial charge in [-0.15, -0.1) is 0 Å². The Kier molecular flexibility index (Phi) is 4.24. The number of ether oxygens (including phenoxy) is 2. The van der Waals surface area contributed by atoms with Crippen LogP contribution in [-0.2, 0) is 5.60 Å². The second-order valence-electron chi connectivity index (χ2n) is 5.44. The predicted octanol–water partition coefficient (Wildman–Crippen LogP) is 3.58. The lowest BCUT2D eigenvalue weighted by atomic mass is 9.84. The lowest BCUT2D eigenvalue weighted by Gasteiger charge is -2.27. The second-order valence-corrected chi connectivity index (χ2v) is 5.44. The van der Waals surface area contributed by atoms with Crippen molar-refractivity contribution in [1.29, 1.82) is 0 Å². The summed E-state index contributed by atoms with van der Waals surface area (Å²) in [6.07, 6.45) is 0. The van der Waals surface area contributed by atoms with Crippen molar-refractivity contribution in [2.24, 2.45) is 0 Å². The smallest absolute Gasteiger partial charge is 0.122 e. The minimum atomic E-state index is -1.06. The number of aryl methyl sites for hydroxylation is 2. The van der Waals surface area contributed by atoms with Gasteiger partial charge in [0.05, 0.1) is 14.2 Å². The van der Waals surface area contributed by atoms with E-state index in [-0.39, 0.29) is 0 Å². The predicted molar refractivity (Wildman–Crippen MR) is 84.1 cm³/mol. The summed E-state index contributed by atoms with van der Waals surface area (Å²) in [5.74, 6) is 1.61. The van der Waals surface area contributed by atoms with E-state index in [2.05, 4.69) is 0 Å². The molecule has 3 nitrogen and oxygen atoms in total. The average Bonchev–Trinajstić information content (AvgIpc) is 2.49. The van der Waals surface area contributed by atoms with Gasteiger partial charge < -0.3 is 14.6 Å². The Morgan fingerprint density at radius 1 is 0.905 bits per heavy atom. The maximum absolute atomic E-state index is 11.0. The summed E-state index contributed by atoms with van der Waals surface area (Å²) in [7, 11) is 3.28. The molecule has 21 heavy (non-hydrogen) atoms. The average molecular weight is 286 g/mol. The Morgan fingerprint density at radius 2 is 1.52 bits per heavy atom. The summed E-state index contributed by atoms with van der Waals surface area (Å²) in [5, 5.41) is 11.0. The molecule has 0 bridgehead atoms. The van der Waals surface area contributed by atoms with Gasteiger partial charge in [-0.2, -0.15) is 0 Å². The third kappa shape index (κ3) is 2.88. The van der Waals surface area contributed by atoms with Gasteiger partial charge >= 0.3 is 0 Å².